The molecule has 0 fully saturated rings. The first-order valence-electron chi connectivity index (χ1n) is 5.45. The number of carboxylic acid groups (broad SMARTS) is 1. The summed E-state index contributed by atoms with van der Waals surface area (Å²) in [7, 11) is 0. The first kappa shape index (κ1) is 10.7. The monoisotopic (exact) mass is 249 g/mol. The number of allylic oxidation sites excluding steroid dienone is 2. The van der Waals surface area contributed by atoms with Gasteiger partial charge < -0.3 is 9.52 Å². The Hall–Kier alpha value is -1.49. The number of carbonyl (C=O) groups is 1. The SMILES string of the molecule is O=C(O)C1CSC2=C(c3ccco3)CCC2=N1. The number of aliphatic carboxylic acids is 1. The van der Waals surface area contributed by atoms with Crippen molar-refractivity contribution in [2.75, 3.05) is 5.75 Å². The number of rotatable bonds is 2. The number of hydrogen-bond acceptors (Lipinski definition) is 4. The van der Waals surface area contributed by atoms with Crippen LogP contribution in [0.1, 0.15) is 18.6 Å². The Balaban J connectivity index is 1.98. The largest absolute Gasteiger partial charge is 0.480 e. The summed E-state index contributed by atoms with van der Waals surface area (Å²) >= 11 is 1.58. The number of furan rings is 1. The maximum Gasteiger partial charge on any atom is 0.329 e. The first-order valence-corrected chi connectivity index (χ1v) is 6.44. The van der Waals surface area contributed by atoms with Crippen molar-refractivity contribution in [2.45, 2.75) is 18.9 Å². The van der Waals surface area contributed by atoms with Gasteiger partial charge in [-0.1, -0.05) is 0 Å². The van der Waals surface area contributed by atoms with Crippen molar-refractivity contribution < 1.29 is 14.3 Å². The minimum atomic E-state index is -0.838. The standard InChI is InChI=1S/C12H11NO3S/c14-12(15)9-6-17-11-7(3-4-8(11)13-9)10-2-1-5-16-10/h1-2,5,9H,3-4,6H2,(H,14,15). The lowest BCUT2D eigenvalue weighted by molar-refractivity contribution is -0.137. The molecule has 1 unspecified atom stereocenters. The molecular weight excluding hydrogens is 238 g/mol. The molecule has 0 amide bonds. The van der Waals surface area contributed by atoms with Crippen LogP contribution in [-0.2, 0) is 4.79 Å². The highest BCUT2D eigenvalue weighted by Gasteiger charge is 2.31. The number of thioether (sulfide) groups is 1. The van der Waals surface area contributed by atoms with E-state index < -0.39 is 12.0 Å². The van der Waals surface area contributed by atoms with E-state index in [1.165, 1.54) is 5.57 Å². The van der Waals surface area contributed by atoms with Crippen LogP contribution >= 0.6 is 11.8 Å². The van der Waals surface area contributed by atoms with Gasteiger partial charge >= 0.3 is 5.97 Å². The molecule has 1 aromatic heterocycles. The summed E-state index contributed by atoms with van der Waals surface area (Å²) in [5.74, 6) is 0.556. The number of aliphatic imine (C=N–C) groups is 1. The molecule has 1 aliphatic carbocycles. The van der Waals surface area contributed by atoms with Gasteiger partial charge in [0.15, 0.2) is 6.04 Å². The van der Waals surface area contributed by atoms with Gasteiger partial charge in [-0.15, -0.1) is 11.8 Å². The van der Waals surface area contributed by atoms with Gasteiger partial charge in [-0.05, 0) is 25.0 Å². The van der Waals surface area contributed by atoms with E-state index in [2.05, 4.69) is 4.99 Å². The Labute approximate surface area is 102 Å². The molecule has 17 heavy (non-hydrogen) atoms. The van der Waals surface area contributed by atoms with Crippen LogP contribution in [0.2, 0.25) is 0 Å². The van der Waals surface area contributed by atoms with Crippen LogP contribution in [0.5, 0.6) is 0 Å². The van der Waals surface area contributed by atoms with Crippen LogP contribution in [0.4, 0.5) is 0 Å². The number of hydrogen-bond donors (Lipinski definition) is 1. The molecule has 2 heterocycles. The summed E-state index contributed by atoms with van der Waals surface area (Å²) in [5.41, 5.74) is 2.10. The molecule has 5 heteroatoms. The zero-order chi connectivity index (χ0) is 11.8. The van der Waals surface area contributed by atoms with E-state index >= 15 is 0 Å². The summed E-state index contributed by atoms with van der Waals surface area (Å²) in [6.45, 7) is 0. The molecule has 1 aliphatic heterocycles. The summed E-state index contributed by atoms with van der Waals surface area (Å²) < 4.78 is 5.40. The molecule has 0 bridgehead atoms. The summed E-state index contributed by atoms with van der Waals surface area (Å²) in [5, 5.41) is 8.95. The molecule has 0 saturated carbocycles. The van der Waals surface area contributed by atoms with E-state index in [4.69, 9.17) is 9.52 Å². The summed E-state index contributed by atoms with van der Waals surface area (Å²) in [6.07, 6.45) is 3.37. The zero-order valence-electron chi connectivity index (χ0n) is 9.05. The second-order valence-electron chi connectivity index (χ2n) is 4.03. The van der Waals surface area contributed by atoms with E-state index in [0.29, 0.717) is 5.75 Å². The van der Waals surface area contributed by atoms with Crippen LogP contribution in [-0.4, -0.2) is 28.6 Å². The topological polar surface area (TPSA) is 62.8 Å². The molecule has 0 radical (unpaired) electrons. The Morgan fingerprint density at radius 2 is 2.41 bits per heavy atom. The maximum absolute atomic E-state index is 10.9. The Morgan fingerprint density at radius 3 is 3.12 bits per heavy atom. The molecule has 1 atom stereocenters. The van der Waals surface area contributed by atoms with E-state index in [0.717, 1.165) is 29.2 Å². The van der Waals surface area contributed by atoms with Gasteiger partial charge in [-0.25, -0.2) is 4.79 Å². The van der Waals surface area contributed by atoms with Gasteiger partial charge in [0, 0.05) is 16.2 Å². The normalized spacial score (nSPS) is 23.5. The van der Waals surface area contributed by atoms with Crippen LogP contribution in [0, 0.1) is 0 Å². The molecule has 0 saturated heterocycles. The second-order valence-corrected chi connectivity index (χ2v) is 5.06. The average Bonchev–Trinajstić information content (AvgIpc) is 2.96. The number of carboxylic acids is 1. The van der Waals surface area contributed by atoms with Crippen LogP contribution in [0.25, 0.3) is 5.57 Å². The quantitative estimate of drug-likeness (QED) is 0.874. The molecular formula is C12H11NO3S. The molecule has 2 aliphatic rings. The lowest BCUT2D eigenvalue weighted by Crippen LogP contribution is -2.25. The summed E-state index contributed by atoms with van der Waals surface area (Å²) in [6, 6.07) is 3.22. The van der Waals surface area contributed by atoms with Crippen molar-refractivity contribution in [1.29, 1.82) is 0 Å². The number of fused-ring (bicyclic) bond motifs is 1. The third-order valence-corrected chi connectivity index (χ3v) is 4.20. The van der Waals surface area contributed by atoms with E-state index in [1.54, 1.807) is 18.0 Å². The van der Waals surface area contributed by atoms with Gasteiger partial charge in [-0.3, -0.25) is 4.99 Å². The maximum atomic E-state index is 10.9. The molecule has 1 N–H and O–H groups in total. The van der Waals surface area contributed by atoms with Crippen molar-refractivity contribution in [3.8, 4) is 0 Å². The number of nitrogens with zero attached hydrogens (tertiary/aromatic N) is 1. The highest BCUT2D eigenvalue weighted by Crippen LogP contribution is 2.41. The molecule has 0 spiro atoms. The summed E-state index contributed by atoms with van der Waals surface area (Å²) in [4.78, 5) is 16.3. The average molecular weight is 249 g/mol. The third-order valence-electron chi connectivity index (χ3n) is 2.95. The molecule has 1 aromatic rings. The Bertz CT molecular complexity index is 516. The molecule has 0 aromatic carbocycles. The fourth-order valence-corrected chi connectivity index (χ4v) is 3.38. The molecule has 3 rings (SSSR count). The molecule has 88 valence electrons. The second kappa shape index (κ2) is 4.07. The van der Waals surface area contributed by atoms with Crippen LogP contribution in [0.3, 0.4) is 0 Å². The Kier molecular flexibility index (Phi) is 2.55. The predicted molar refractivity (Wildman–Crippen MR) is 66.2 cm³/mol. The van der Waals surface area contributed by atoms with Crippen molar-refractivity contribution in [1.82, 2.24) is 0 Å². The fraction of sp³-hybridized carbons (Fsp3) is 0.333. The van der Waals surface area contributed by atoms with Gasteiger partial charge in [-0.2, -0.15) is 0 Å². The van der Waals surface area contributed by atoms with Gasteiger partial charge in [0.1, 0.15) is 5.76 Å². The van der Waals surface area contributed by atoms with Crippen molar-refractivity contribution in [3.05, 3.63) is 29.1 Å². The third kappa shape index (κ3) is 1.80. The predicted octanol–water partition coefficient (Wildman–Crippen LogP) is 2.43. The van der Waals surface area contributed by atoms with E-state index in [1.807, 2.05) is 12.1 Å². The lowest BCUT2D eigenvalue weighted by atomic mass is 10.2. The van der Waals surface area contributed by atoms with Gasteiger partial charge in [0.2, 0.25) is 0 Å². The fourth-order valence-electron chi connectivity index (χ4n) is 2.14. The van der Waals surface area contributed by atoms with Crippen molar-refractivity contribution in [2.24, 2.45) is 4.99 Å². The van der Waals surface area contributed by atoms with Gasteiger partial charge in [0.05, 0.1) is 12.0 Å². The minimum absolute atomic E-state index is 0.512. The minimum Gasteiger partial charge on any atom is -0.480 e. The van der Waals surface area contributed by atoms with Crippen molar-refractivity contribution in [3.63, 3.8) is 0 Å². The van der Waals surface area contributed by atoms with Crippen molar-refractivity contribution >= 4 is 29.0 Å². The lowest BCUT2D eigenvalue weighted by Gasteiger charge is -2.16. The van der Waals surface area contributed by atoms with Crippen LogP contribution in [0.15, 0.2) is 32.7 Å². The highest BCUT2D eigenvalue weighted by atomic mass is 32.2. The van der Waals surface area contributed by atoms with E-state index in [-0.39, 0.29) is 0 Å². The highest BCUT2D eigenvalue weighted by molar-refractivity contribution is 8.04. The molecule has 4 nitrogen and oxygen atoms in total. The van der Waals surface area contributed by atoms with Gasteiger partial charge in [0.25, 0.3) is 0 Å². The smallest absolute Gasteiger partial charge is 0.329 e. The van der Waals surface area contributed by atoms with Crippen LogP contribution < -0.4 is 0 Å². The van der Waals surface area contributed by atoms with E-state index in [9.17, 15) is 4.79 Å². The Morgan fingerprint density at radius 1 is 1.53 bits per heavy atom. The first-order chi connectivity index (χ1) is 8.25. The zero-order valence-corrected chi connectivity index (χ0v) is 9.87.